The van der Waals surface area contributed by atoms with E-state index in [0.717, 1.165) is 26.0 Å². The minimum atomic E-state index is 0.173. The van der Waals surface area contributed by atoms with E-state index in [0.29, 0.717) is 6.04 Å². The zero-order valence-electron chi connectivity index (χ0n) is 12.5. The van der Waals surface area contributed by atoms with Crippen molar-refractivity contribution in [1.82, 2.24) is 10.3 Å². The highest BCUT2D eigenvalue weighted by Gasteiger charge is 2.24. The number of rotatable bonds is 5. The summed E-state index contributed by atoms with van der Waals surface area (Å²) >= 11 is 0. The van der Waals surface area contributed by atoms with E-state index in [1.54, 1.807) is 0 Å². The lowest BCUT2D eigenvalue weighted by Gasteiger charge is -2.30. The van der Waals surface area contributed by atoms with Crippen LogP contribution in [0.25, 0.3) is 0 Å². The number of hydrogen-bond acceptors (Lipinski definition) is 3. The van der Waals surface area contributed by atoms with Crippen LogP contribution in [0.1, 0.15) is 42.2 Å². The van der Waals surface area contributed by atoms with Crippen molar-refractivity contribution < 1.29 is 4.74 Å². The predicted octanol–water partition coefficient (Wildman–Crippen LogP) is 3.44. The molecule has 1 aromatic carbocycles. The smallest absolute Gasteiger partial charge is 0.0845 e. The van der Waals surface area contributed by atoms with Gasteiger partial charge in [0.25, 0.3) is 0 Å². The minimum Gasteiger partial charge on any atom is -0.373 e. The summed E-state index contributed by atoms with van der Waals surface area (Å²) in [6, 6.07) is 13.1. The second kappa shape index (κ2) is 6.83. The number of aromatic nitrogens is 1. The molecular weight excluding hydrogens is 260 g/mol. The van der Waals surface area contributed by atoms with Crippen molar-refractivity contribution in [2.45, 2.75) is 31.9 Å². The van der Waals surface area contributed by atoms with Crippen LogP contribution in [0.3, 0.4) is 0 Å². The molecule has 0 saturated carbocycles. The molecule has 110 valence electrons. The molecule has 2 aromatic rings. The molecule has 3 nitrogen and oxygen atoms in total. The molecule has 3 heteroatoms. The summed E-state index contributed by atoms with van der Waals surface area (Å²) in [5.41, 5.74) is 4.05. The molecule has 0 saturated heterocycles. The van der Waals surface area contributed by atoms with Gasteiger partial charge in [0.2, 0.25) is 0 Å². The molecule has 2 unspecified atom stereocenters. The van der Waals surface area contributed by atoms with E-state index < -0.39 is 0 Å². The van der Waals surface area contributed by atoms with Gasteiger partial charge in [-0.05, 0) is 48.2 Å². The largest absolute Gasteiger partial charge is 0.373 e. The Morgan fingerprint density at radius 3 is 2.86 bits per heavy atom. The maximum Gasteiger partial charge on any atom is 0.0845 e. The van der Waals surface area contributed by atoms with Crippen LogP contribution >= 0.6 is 0 Å². The molecule has 0 bridgehead atoms. The minimum absolute atomic E-state index is 0.173. The Hall–Kier alpha value is -1.71. The fourth-order valence-corrected chi connectivity index (χ4v) is 3.07. The second-order valence-corrected chi connectivity index (χ2v) is 5.43. The number of ether oxygens (including phenoxy) is 1. The van der Waals surface area contributed by atoms with Crippen LogP contribution in [0.5, 0.6) is 0 Å². The fourth-order valence-electron chi connectivity index (χ4n) is 3.07. The van der Waals surface area contributed by atoms with E-state index in [-0.39, 0.29) is 6.10 Å². The molecule has 0 radical (unpaired) electrons. The van der Waals surface area contributed by atoms with E-state index in [9.17, 15) is 0 Å². The van der Waals surface area contributed by atoms with E-state index in [2.05, 4.69) is 53.6 Å². The Morgan fingerprint density at radius 2 is 2.05 bits per heavy atom. The Bertz CT molecular complexity index is 570. The monoisotopic (exact) mass is 282 g/mol. The third-order valence-corrected chi connectivity index (χ3v) is 4.10. The van der Waals surface area contributed by atoms with Gasteiger partial charge in [-0.1, -0.05) is 31.2 Å². The lowest BCUT2D eigenvalue weighted by atomic mass is 9.91. The maximum atomic E-state index is 6.05. The molecule has 0 spiro atoms. The molecule has 2 heterocycles. The van der Waals surface area contributed by atoms with Gasteiger partial charge in [-0.15, -0.1) is 0 Å². The van der Waals surface area contributed by atoms with Crippen molar-refractivity contribution in [3.63, 3.8) is 0 Å². The summed E-state index contributed by atoms with van der Waals surface area (Å²) in [5, 5.41) is 3.57. The molecular formula is C18H22N2O. The molecule has 1 aromatic heterocycles. The average Bonchev–Trinajstić information content (AvgIpc) is 2.55. The van der Waals surface area contributed by atoms with Gasteiger partial charge >= 0.3 is 0 Å². The van der Waals surface area contributed by atoms with Crippen molar-refractivity contribution >= 4 is 0 Å². The van der Waals surface area contributed by atoms with Crippen LogP contribution in [0.15, 0.2) is 48.8 Å². The van der Waals surface area contributed by atoms with Crippen LogP contribution in [-0.2, 0) is 11.2 Å². The van der Waals surface area contributed by atoms with Gasteiger partial charge in [0.15, 0.2) is 0 Å². The Balaban J connectivity index is 1.81. The van der Waals surface area contributed by atoms with Crippen LogP contribution in [0.2, 0.25) is 0 Å². The molecule has 0 amide bonds. The Morgan fingerprint density at radius 1 is 1.24 bits per heavy atom. The lowest BCUT2D eigenvalue weighted by molar-refractivity contribution is 0.0294. The van der Waals surface area contributed by atoms with E-state index >= 15 is 0 Å². The summed E-state index contributed by atoms with van der Waals surface area (Å²) in [6.07, 6.45) is 5.86. The van der Waals surface area contributed by atoms with Gasteiger partial charge in [-0.2, -0.15) is 0 Å². The first-order chi connectivity index (χ1) is 10.4. The highest BCUT2D eigenvalue weighted by atomic mass is 16.5. The number of fused-ring (bicyclic) bond motifs is 1. The van der Waals surface area contributed by atoms with Gasteiger partial charge in [0.05, 0.1) is 12.7 Å². The third-order valence-electron chi connectivity index (χ3n) is 4.10. The molecule has 1 aliphatic rings. The summed E-state index contributed by atoms with van der Waals surface area (Å²) in [5.74, 6) is 0. The maximum absolute atomic E-state index is 6.05. The summed E-state index contributed by atoms with van der Waals surface area (Å²) in [7, 11) is 0. The molecule has 1 aliphatic heterocycles. The van der Waals surface area contributed by atoms with Crippen LogP contribution in [0.4, 0.5) is 0 Å². The lowest BCUT2D eigenvalue weighted by Crippen LogP contribution is -2.26. The van der Waals surface area contributed by atoms with Crippen molar-refractivity contribution in [2.24, 2.45) is 0 Å². The highest BCUT2D eigenvalue weighted by molar-refractivity contribution is 5.31. The summed E-state index contributed by atoms with van der Waals surface area (Å²) < 4.78 is 6.05. The van der Waals surface area contributed by atoms with E-state index in [4.69, 9.17) is 4.74 Å². The zero-order chi connectivity index (χ0) is 14.5. The average molecular weight is 282 g/mol. The molecule has 3 rings (SSSR count). The normalized spacial score (nSPS) is 19.0. The van der Waals surface area contributed by atoms with Gasteiger partial charge in [-0.3, -0.25) is 4.98 Å². The van der Waals surface area contributed by atoms with Crippen molar-refractivity contribution in [3.8, 4) is 0 Å². The van der Waals surface area contributed by atoms with Gasteiger partial charge in [0.1, 0.15) is 0 Å². The predicted molar refractivity (Wildman–Crippen MR) is 84.1 cm³/mol. The van der Waals surface area contributed by atoms with Crippen molar-refractivity contribution in [2.75, 3.05) is 13.2 Å². The summed E-state index contributed by atoms with van der Waals surface area (Å²) in [6.45, 7) is 3.90. The fraction of sp³-hybridized carbons (Fsp3) is 0.389. The van der Waals surface area contributed by atoms with Crippen LogP contribution in [0, 0.1) is 0 Å². The molecule has 2 atom stereocenters. The van der Waals surface area contributed by atoms with Crippen molar-refractivity contribution in [3.05, 3.63) is 65.5 Å². The highest BCUT2D eigenvalue weighted by Crippen LogP contribution is 2.34. The van der Waals surface area contributed by atoms with Crippen LogP contribution < -0.4 is 5.32 Å². The Labute approximate surface area is 126 Å². The van der Waals surface area contributed by atoms with Gasteiger partial charge < -0.3 is 10.1 Å². The van der Waals surface area contributed by atoms with Gasteiger partial charge in [0, 0.05) is 18.4 Å². The third kappa shape index (κ3) is 3.31. The standard InChI is InChI=1S/C18H22N2O/c1-2-20-17(15-7-10-19-11-8-15)13-18-16-6-4-3-5-14(16)9-12-21-18/h3-8,10-11,17-18,20H,2,9,12-13H2,1H3. The van der Waals surface area contributed by atoms with E-state index in [1.807, 2.05) is 12.4 Å². The number of hydrogen-bond donors (Lipinski definition) is 1. The van der Waals surface area contributed by atoms with E-state index in [1.165, 1.54) is 16.7 Å². The number of benzene rings is 1. The molecule has 21 heavy (non-hydrogen) atoms. The van der Waals surface area contributed by atoms with Crippen molar-refractivity contribution in [1.29, 1.82) is 0 Å². The first-order valence-electron chi connectivity index (χ1n) is 7.71. The van der Waals surface area contributed by atoms with Crippen LogP contribution in [-0.4, -0.2) is 18.1 Å². The Kier molecular flexibility index (Phi) is 4.63. The second-order valence-electron chi connectivity index (χ2n) is 5.43. The number of pyridine rings is 1. The quantitative estimate of drug-likeness (QED) is 0.912. The topological polar surface area (TPSA) is 34.1 Å². The first-order valence-corrected chi connectivity index (χ1v) is 7.71. The molecule has 0 fully saturated rings. The zero-order valence-corrected chi connectivity index (χ0v) is 12.5. The SMILES string of the molecule is CCNC(CC1OCCc2ccccc21)c1ccncc1. The van der Waals surface area contributed by atoms with Gasteiger partial charge in [-0.25, -0.2) is 0 Å². The summed E-state index contributed by atoms with van der Waals surface area (Å²) in [4.78, 5) is 4.11. The first kappa shape index (κ1) is 14.2. The number of nitrogens with one attached hydrogen (secondary N) is 1. The number of nitrogens with zero attached hydrogens (tertiary/aromatic N) is 1. The molecule has 0 aliphatic carbocycles. The molecule has 1 N–H and O–H groups in total.